The molecule has 1 aromatic rings. The molecule has 1 fully saturated rings. The van der Waals surface area contributed by atoms with Gasteiger partial charge in [-0.3, -0.25) is 9.59 Å². The van der Waals surface area contributed by atoms with Crippen LogP contribution < -0.4 is 15.0 Å². The molecule has 0 atom stereocenters. The number of carbonyl (C=O) groups excluding carboxylic acids is 2. The number of anilines is 1. The van der Waals surface area contributed by atoms with Gasteiger partial charge in [-0.1, -0.05) is 25.0 Å². The second-order valence-corrected chi connectivity index (χ2v) is 5.87. The van der Waals surface area contributed by atoms with Crippen molar-refractivity contribution in [3.63, 3.8) is 0 Å². The van der Waals surface area contributed by atoms with E-state index in [9.17, 15) is 9.59 Å². The molecule has 126 valence electrons. The van der Waals surface area contributed by atoms with Crippen molar-refractivity contribution in [1.29, 1.82) is 0 Å². The Morgan fingerprint density at radius 3 is 2.61 bits per heavy atom. The van der Waals surface area contributed by atoms with Crippen LogP contribution in [0.1, 0.15) is 46.0 Å². The van der Waals surface area contributed by atoms with Crippen LogP contribution in [0.3, 0.4) is 0 Å². The van der Waals surface area contributed by atoms with Crippen LogP contribution in [-0.4, -0.2) is 31.0 Å². The highest BCUT2D eigenvalue weighted by atomic mass is 16.5. The van der Waals surface area contributed by atoms with Gasteiger partial charge in [-0.15, -0.1) is 0 Å². The van der Waals surface area contributed by atoms with Crippen LogP contribution in [0.15, 0.2) is 24.3 Å². The summed E-state index contributed by atoms with van der Waals surface area (Å²) in [7, 11) is 0. The van der Waals surface area contributed by atoms with E-state index < -0.39 is 0 Å². The average molecular weight is 318 g/mol. The number of carbonyl (C=O) groups is 2. The lowest BCUT2D eigenvalue weighted by Crippen LogP contribution is -2.37. The maximum atomic E-state index is 12.1. The number of nitrogens with one attached hydrogen (secondary N) is 1. The molecule has 0 unspecified atom stereocenters. The molecule has 5 nitrogen and oxygen atoms in total. The van der Waals surface area contributed by atoms with Gasteiger partial charge in [0.25, 0.3) is 0 Å². The van der Waals surface area contributed by atoms with Gasteiger partial charge in [-0.25, -0.2) is 0 Å². The Morgan fingerprint density at radius 2 is 1.96 bits per heavy atom. The van der Waals surface area contributed by atoms with Crippen molar-refractivity contribution in [3.05, 3.63) is 24.3 Å². The van der Waals surface area contributed by atoms with Gasteiger partial charge in [0.15, 0.2) is 0 Å². The van der Waals surface area contributed by atoms with Gasteiger partial charge in [0, 0.05) is 25.9 Å². The zero-order valence-electron chi connectivity index (χ0n) is 14.0. The highest BCUT2D eigenvalue weighted by Gasteiger charge is 2.20. The third-order valence-electron chi connectivity index (χ3n) is 4.12. The number of ether oxygens (including phenoxy) is 1. The molecule has 1 saturated carbocycles. The summed E-state index contributed by atoms with van der Waals surface area (Å²) >= 11 is 0. The lowest BCUT2D eigenvalue weighted by atomic mass is 10.2. The fourth-order valence-electron chi connectivity index (χ4n) is 2.99. The molecular weight excluding hydrogens is 292 g/mol. The summed E-state index contributed by atoms with van der Waals surface area (Å²) in [5, 5.41) is 3.06. The Hall–Kier alpha value is -2.04. The zero-order chi connectivity index (χ0) is 16.7. The molecule has 1 aliphatic rings. The summed E-state index contributed by atoms with van der Waals surface area (Å²) in [5.74, 6) is 0.587. The standard InChI is InChI=1S/C18H26N2O3/c1-3-23-17-11-7-6-10-16(17)20(14(2)21)13-12-18(22)19-15-8-4-5-9-15/h6-7,10-11,15H,3-5,8-9,12-13H2,1-2H3,(H,19,22). The van der Waals surface area contributed by atoms with Gasteiger partial charge >= 0.3 is 0 Å². The molecule has 0 aliphatic heterocycles. The highest BCUT2D eigenvalue weighted by Crippen LogP contribution is 2.28. The van der Waals surface area contributed by atoms with E-state index in [1.165, 1.54) is 19.8 Å². The van der Waals surface area contributed by atoms with Crippen molar-refractivity contribution in [1.82, 2.24) is 5.32 Å². The average Bonchev–Trinajstić information content (AvgIpc) is 3.02. The monoisotopic (exact) mass is 318 g/mol. The predicted octanol–water partition coefficient (Wildman–Crippen LogP) is 2.89. The van der Waals surface area contributed by atoms with Crippen molar-refractivity contribution in [2.75, 3.05) is 18.1 Å². The second kappa shape index (κ2) is 8.56. The number of para-hydroxylation sites is 2. The molecule has 5 heteroatoms. The molecule has 0 saturated heterocycles. The van der Waals surface area contributed by atoms with Crippen LogP contribution in [0.4, 0.5) is 5.69 Å². The summed E-state index contributed by atoms with van der Waals surface area (Å²) in [6.07, 6.45) is 4.81. The Morgan fingerprint density at radius 1 is 1.26 bits per heavy atom. The lowest BCUT2D eigenvalue weighted by Gasteiger charge is -2.23. The third-order valence-corrected chi connectivity index (χ3v) is 4.12. The Kier molecular flexibility index (Phi) is 6.44. The minimum Gasteiger partial charge on any atom is -0.492 e. The summed E-state index contributed by atoms with van der Waals surface area (Å²) in [5.41, 5.74) is 0.718. The topological polar surface area (TPSA) is 58.6 Å². The van der Waals surface area contributed by atoms with E-state index in [-0.39, 0.29) is 11.8 Å². The zero-order valence-corrected chi connectivity index (χ0v) is 14.0. The van der Waals surface area contributed by atoms with E-state index in [0.717, 1.165) is 18.5 Å². The Bertz CT molecular complexity index is 539. The van der Waals surface area contributed by atoms with Crippen molar-refractivity contribution in [2.45, 2.75) is 52.0 Å². The first kappa shape index (κ1) is 17.3. The minimum absolute atomic E-state index is 0.0111. The van der Waals surface area contributed by atoms with E-state index in [1.807, 2.05) is 31.2 Å². The normalized spacial score (nSPS) is 14.5. The Labute approximate surface area is 138 Å². The largest absolute Gasteiger partial charge is 0.492 e. The van der Waals surface area contributed by atoms with Gasteiger partial charge in [-0.2, -0.15) is 0 Å². The lowest BCUT2D eigenvalue weighted by molar-refractivity contribution is -0.121. The fourth-order valence-corrected chi connectivity index (χ4v) is 2.99. The van der Waals surface area contributed by atoms with Gasteiger partial charge in [0.1, 0.15) is 5.75 Å². The van der Waals surface area contributed by atoms with Crippen LogP contribution in [0, 0.1) is 0 Å². The van der Waals surface area contributed by atoms with E-state index in [4.69, 9.17) is 4.74 Å². The number of hydrogen-bond acceptors (Lipinski definition) is 3. The first-order valence-electron chi connectivity index (χ1n) is 8.41. The summed E-state index contributed by atoms with van der Waals surface area (Å²) in [6, 6.07) is 7.74. The highest BCUT2D eigenvalue weighted by molar-refractivity contribution is 5.93. The molecule has 0 radical (unpaired) electrons. The first-order chi connectivity index (χ1) is 11.1. The molecule has 23 heavy (non-hydrogen) atoms. The quantitative estimate of drug-likeness (QED) is 0.841. The predicted molar refractivity (Wildman–Crippen MR) is 90.7 cm³/mol. The fraction of sp³-hybridized carbons (Fsp3) is 0.556. The molecule has 0 aromatic heterocycles. The smallest absolute Gasteiger partial charge is 0.223 e. The van der Waals surface area contributed by atoms with Crippen molar-refractivity contribution >= 4 is 17.5 Å². The van der Waals surface area contributed by atoms with Crippen LogP contribution in [0.25, 0.3) is 0 Å². The molecule has 2 amide bonds. The molecule has 0 bridgehead atoms. The summed E-state index contributed by atoms with van der Waals surface area (Å²) in [4.78, 5) is 25.7. The SMILES string of the molecule is CCOc1ccccc1N(CCC(=O)NC1CCCC1)C(C)=O. The van der Waals surface area contributed by atoms with Gasteiger partial charge in [0.2, 0.25) is 11.8 Å². The van der Waals surface area contributed by atoms with E-state index in [1.54, 1.807) is 4.90 Å². The van der Waals surface area contributed by atoms with Crippen LogP contribution >= 0.6 is 0 Å². The third kappa shape index (κ3) is 4.98. The molecule has 2 rings (SSSR count). The van der Waals surface area contributed by atoms with Gasteiger partial charge in [-0.05, 0) is 31.9 Å². The molecule has 1 aromatic carbocycles. The van der Waals surface area contributed by atoms with Crippen molar-refractivity contribution in [2.24, 2.45) is 0 Å². The second-order valence-electron chi connectivity index (χ2n) is 5.87. The van der Waals surface area contributed by atoms with Gasteiger partial charge in [0.05, 0.1) is 12.3 Å². The number of rotatable bonds is 7. The summed E-state index contributed by atoms with van der Waals surface area (Å²) in [6.45, 7) is 4.31. The van der Waals surface area contributed by atoms with Crippen LogP contribution in [0.2, 0.25) is 0 Å². The molecule has 0 heterocycles. The number of amides is 2. The number of nitrogens with zero attached hydrogens (tertiary/aromatic N) is 1. The molecule has 0 spiro atoms. The minimum atomic E-state index is -0.0918. The van der Waals surface area contributed by atoms with Gasteiger partial charge < -0.3 is 15.0 Å². The molecule has 1 aliphatic carbocycles. The molecular formula is C18H26N2O3. The maximum absolute atomic E-state index is 12.1. The van der Waals surface area contributed by atoms with E-state index >= 15 is 0 Å². The number of hydrogen-bond donors (Lipinski definition) is 1. The van der Waals surface area contributed by atoms with Crippen molar-refractivity contribution < 1.29 is 14.3 Å². The Balaban J connectivity index is 1.98. The molecule has 1 N–H and O–H groups in total. The first-order valence-corrected chi connectivity index (χ1v) is 8.41. The van der Waals surface area contributed by atoms with E-state index in [0.29, 0.717) is 31.4 Å². The van der Waals surface area contributed by atoms with E-state index in [2.05, 4.69) is 5.32 Å². The van der Waals surface area contributed by atoms with Crippen molar-refractivity contribution in [3.8, 4) is 5.75 Å². The van der Waals surface area contributed by atoms with Crippen LogP contribution in [-0.2, 0) is 9.59 Å². The summed E-state index contributed by atoms with van der Waals surface area (Å²) < 4.78 is 5.59. The maximum Gasteiger partial charge on any atom is 0.223 e. The number of benzene rings is 1. The van der Waals surface area contributed by atoms with Crippen LogP contribution in [0.5, 0.6) is 5.75 Å².